The smallest absolute Gasteiger partial charge is 0.0685 e. The summed E-state index contributed by atoms with van der Waals surface area (Å²) in [7, 11) is 0. The van der Waals surface area contributed by atoms with E-state index in [1.165, 1.54) is 22.3 Å². The van der Waals surface area contributed by atoms with E-state index in [0.717, 1.165) is 56.1 Å². The Morgan fingerprint density at radius 3 is 1.94 bits per heavy atom. The molecule has 0 aliphatic carbocycles. The Morgan fingerprint density at radius 2 is 1.39 bits per heavy atom. The molecule has 3 nitrogen and oxygen atoms in total. The number of hydrogen-bond acceptors (Lipinski definition) is 3. The summed E-state index contributed by atoms with van der Waals surface area (Å²) < 4.78 is 0. The quantitative estimate of drug-likeness (QED) is 0.354. The molecule has 1 atom stereocenters. The Hall–Kier alpha value is -1.68. The number of hydrogen-bond donors (Lipinski definition) is 3. The average Bonchev–Trinajstić information content (AvgIpc) is 2.82. The zero-order valence-corrected chi connectivity index (χ0v) is 21.7. The second kappa shape index (κ2) is 12.1. The largest absolute Gasteiger partial charge is 0.393 e. The number of benzene rings is 2. The molecule has 2 rings (SSSR count). The number of aliphatic hydroxyl groups excluding tert-OH is 3. The van der Waals surface area contributed by atoms with Crippen LogP contribution in [0.15, 0.2) is 36.4 Å². The fourth-order valence-electron chi connectivity index (χ4n) is 4.93. The normalized spacial score (nSPS) is 13.4. The lowest BCUT2D eigenvalue weighted by Crippen LogP contribution is -2.27. The number of rotatable bonds is 12. The lowest BCUT2D eigenvalue weighted by atomic mass is 9.71. The van der Waals surface area contributed by atoms with Crippen LogP contribution in [-0.2, 0) is 37.9 Å². The van der Waals surface area contributed by atoms with Gasteiger partial charge in [0.15, 0.2) is 0 Å². The van der Waals surface area contributed by atoms with Crippen LogP contribution < -0.4 is 0 Å². The Morgan fingerprint density at radius 1 is 0.758 bits per heavy atom. The van der Waals surface area contributed by atoms with Gasteiger partial charge in [-0.3, -0.25) is 0 Å². The topological polar surface area (TPSA) is 60.7 Å². The highest BCUT2D eigenvalue weighted by Gasteiger charge is 2.29. The SMILES string of the molecule is CCc1cc(C(CC)(CC)CCc2ccc(CO)c(CO)c2)ccc1CCC(O)C(C)(C)C. The van der Waals surface area contributed by atoms with E-state index in [2.05, 4.69) is 65.8 Å². The predicted molar refractivity (Wildman–Crippen MR) is 138 cm³/mol. The molecular weight excluding hydrogens is 408 g/mol. The van der Waals surface area contributed by atoms with Crippen LogP contribution in [0.4, 0.5) is 0 Å². The van der Waals surface area contributed by atoms with E-state index < -0.39 is 0 Å². The Labute approximate surface area is 201 Å². The van der Waals surface area contributed by atoms with Crippen LogP contribution in [0.2, 0.25) is 0 Å². The van der Waals surface area contributed by atoms with Crippen molar-refractivity contribution in [1.29, 1.82) is 0 Å². The second-order valence-electron chi connectivity index (χ2n) is 10.7. The van der Waals surface area contributed by atoms with E-state index in [1.807, 2.05) is 12.1 Å². The van der Waals surface area contributed by atoms with E-state index >= 15 is 0 Å². The molecule has 0 spiro atoms. The van der Waals surface area contributed by atoms with Crippen LogP contribution in [0, 0.1) is 5.41 Å². The van der Waals surface area contributed by atoms with E-state index in [9.17, 15) is 15.3 Å². The number of aliphatic hydroxyl groups is 3. The molecule has 0 fully saturated rings. The van der Waals surface area contributed by atoms with Gasteiger partial charge in [-0.05, 0) is 89.2 Å². The van der Waals surface area contributed by atoms with Gasteiger partial charge in [0, 0.05) is 0 Å². The van der Waals surface area contributed by atoms with Crippen LogP contribution in [0.3, 0.4) is 0 Å². The molecule has 0 radical (unpaired) electrons. The van der Waals surface area contributed by atoms with E-state index in [0.29, 0.717) is 0 Å². The summed E-state index contributed by atoms with van der Waals surface area (Å²) in [6.45, 7) is 13.0. The zero-order valence-electron chi connectivity index (χ0n) is 21.7. The first-order valence-corrected chi connectivity index (χ1v) is 12.8. The van der Waals surface area contributed by atoms with E-state index in [4.69, 9.17) is 0 Å². The van der Waals surface area contributed by atoms with Gasteiger partial charge in [0.2, 0.25) is 0 Å². The van der Waals surface area contributed by atoms with Crippen LogP contribution in [0.5, 0.6) is 0 Å². The molecule has 33 heavy (non-hydrogen) atoms. The first-order chi connectivity index (χ1) is 15.6. The molecule has 3 N–H and O–H groups in total. The first-order valence-electron chi connectivity index (χ1n) is 12.8. The van der Waals surface area contributed by atoms with Crippen molar-refractivity contribution in [3.8, 4) is 0 Å². The summed E-state index contributed by atoms with van der Waals surface area (Å²) in [5.41, 5.74) is 7.04. The minimum Gasteiger partial charge on any atom is -0.393 e. The molecule has 2 aromatic carbocycles. The molecule has 184 valence electrons. The van der Waals surface area contributed by atoms with Gasteiger partial charge in [-0.25, -0.2) is 0 Å². The third kappa shape index (κ3) is 6.91. The molecule has 0 aliphatic heterocycles. The Kier molecular flexibility index (Phi) is 10.1. The minimum absolute atomic E-state index is 0.0387. The highest BCUT2D eigenvalue weighted by Crippen LogP contribution is 2.38. The fourth-order valence-corrected chi connectivity index (χ4v) is 4.93. The Bertz CT molecular complexity index is 875. The summed E-state index contributed by atoms with van der Waals surface area (Å²) in [4.78, 5) is 0. The van der Waals surface area contributed by atoms with Gasteiger partial charge in [-0.2, -0.15) is 0 Å². The molecule has 3 heteroatoms. The third-order valence-electron chi connectivity index (χ3n) is 7.74. The van der Waals surface area contributed by atoms with Crippen LogP contribution in [-0.4, -0.2) is 21.4 Å². The van der Waals surface area contributed by atoms with Crippen molar-refractivity contribution in [1.82, 2.24) is 0 Å². The van der Waals surface area contributed by atoms with Gasteiger partial charge in [0.25, 0.3) is 0 Å². The van der Waals surface area contributed by atoms with Gasteiger partial charge in [0.1, 0.15) is 0 Å². The third-order valence-corrected chi connectivity index (χ3v) is 7.74. The molecule has 0 heterocycles. The molecule has 0 amide bonds. The molecule has 0 aliphatic rings. The second-order valence-corrected chi connectivity index (χ2v) is 10.7. The molecule has 0 aromatic heterocycles. The van der Waals surface area contributed by atoms with Crippen LogP contribution in [0.25, 0.3) is 0 Å². The minimum atomic E-state index is -0.298. The van der Waals surface area contributed by atoms with Crippen LogP contribution >= 0.6 is 0 Å². The maximum atomic E-state index is 10.5. The highest BCUT2D eigenvalue weighted by atomic mass is 16.3. The monoisotopic (exact) mass is 454 g/mol. The Balaban J connectivity index is 2.24. The fraction of sp³-hybridized carbons (Fsp3) is 0.600. The molecule has 2 aromatic rings. The van der Waals surface area contributed by atoms with Crippen molar-refractivity contribution in [3.63, 3.8) is 0 Å². The summed E-state index contributed by atoms with van der Waals surface area (Å²) in [6.07, 6.45) is 6.56. The predicted octanol–water partition coefficient (Wildman–Crippen LogP) is 6.26. The van der Waals surface area contributed by atoms with Gasteiger partial charge >= 0.3 is 0 Å². The zero-order chi connectivity index (χ0) is 24.6. The van der Waals surface area contributed by atoms with Crippen molar-refractivity contribution < 1.29 is 15.3 Å². The van der Waals surface area contributed by atoms with Crippen molar-refractivity contribution in [2.75, 3.05) is 0 Å². The van der Waals surface area contributed by atoms with E-state index in [1.54, 1.807) is 0 Å². The van der Waals surface area contributed by atoms with Crippen LogP contribution in [0.1, 0.15) is 101 Å². The van der Waals surface area contributed by atoms with Gasteiger partial charge in [-0.1, -0.05) is 77.9 Å². The first kappa shape index (κ1) is 27.6. The summed E-state index contributed by atoms with van der Waals surface area (Å²) in [5.74, 6) is 0. The van der Waals surface area contributed by atoms with Gasteiger partial charge in [-0.15, -0.1) is 0 Å². The van der Waals surface area contributed by atoms with Crippen molar-refractivity contribution in [2.45, 2.75) is 111 Å². The van der Waals surface area contributed by atoms with Crippen molar-refractivity contribution in [2.24, 2.45) is 5.41 Å². The molecule has 0 bridgehead atoms. The maximum absolute atomic E-state index is 10.5. The van der Waals surface area contributed by atoms with E-state index in [-0.39, 0.29) is 30.1 Å². The number of aryl methyl sites for hydroxylation is 3. The molecular formula is C30H46O3. The molecule has 0 saturated heterocycles. The average molecular weight is 455 g/mol. The lowest BCUT2D eigenvalue weighted by molar-refractivity contribution is 0.0559. The van der Waals surface area contributed by atoms with Gasteiger partial charge < -0.3 is 15.3 Å². The summed E-state index contributed by atoms with van der Waals surface area (Å²) in [6, 6.07) is 13.1. The van der Waals surface area contributed by atoms with Crippen molar-refractivity contribution in [3.05, 3.63) is 69.8 Å². The summed E-state index contributed by atoms with van der Waals surface area (Å²) in [5, 5.41) is 29.6. The summed E-state index contributed by atoms with van der Waals surface area (Å²) >= 11 is 0. The standard InChI is InChI=1S/C30H46O3/c1-7-23-19-27(14-12-24(23)13-15-28(33)29(4,5)6)30(8-2,9-3)17-16-22-10-11-25(20-31)26(18-22)21-32/h10-12,14,18-19,28,31-33H,7-9,13,15-17,20-21H2,1-6H3. The lowest BCUT2D eigenvalue weighted by Gasteiger charge is -2.34. The highest BCUT2D eigenvalue weighted by molar-refractivity contribution is 5.37. The molecule has 1 unspecified atom stereocenters. The van der Waals surface area contributed by atoms with Crippen molar-refractivity contribution >= 4 is 0 Å². The maximum Gasteiger partial charge on any atom is 0.0685 e. The molecule has 0 saturated carbocycles. The van der Waals surface area contributed by atoms with Gasteiger partial charge in [0.05, 0.1) is 19.3 Å².